The van der Waals surface area contributed by atoms with E-state index in [2.05, 4.69) is 19.2 Å². The zero-order valence-electron chi connectivity index (χ0n) is 14.4. The zero-order chi connectivity index (χ0) is 17.7. The molecule has 24 heavy (non-hydrogen) atoms. The van der Waals surface area contributed by atoms with Gasteiger partial charge < -0.3 is 15.0 Å². The number of anilines is 1. The maximum Gasteiger partial charge on any atom is 0.293 e. The highest BCUT2D eigenvalue weighted by Crippen LogP contribution is 2.28. The summed E-state index contributed by atoms with van der Waals surface area (Å²) in [5.41, 5.74) is 0.671. The van der Waals surface area contributed by atoms with Crippen molar-refractivity contribution in [1.82, 2.24) is 4.90 Å². The number of ether oxygens (including phenoxy) is 1. The molecule has 0 aromatic heterocycles. The number of nitrogens with zero attached hydrogens (tertiary/aromatic N) is 2. The number of carbonyl (C=O) groups is 1. The summed E-state index contributed by atoms with van der Waals surface area (Å²) in [5.74, 6) is 0.755. The van der Waals surface area contributed by atoms with E-state index in [-0.39, 0.29) is 11.6 Å². The minimum atomic E-state index is -0.465. The number of piperidine rings is 1. The first-order chi connectivity index (χ1) is 11.4. The van der Waals surface area contributed by atoms with E-state index >= 15 is 0 Å². The molecule has 1 aliphatic heterocycles. The van der Waals surface area contributed by atoms with Crippen molar-refractivity contribution in [2.75, 3.05) is 38.7 Å². The van der Waals surface area contributed by atoms with Crippen molar-refractivity contribution in [2.24, 2.45) is 11.8 Å². The largest absolute Gasteiger partial charge is 0.383 e. The van der Waals surface area contributed by atoms with Crippen LogP contribution in [0.5, 0.6) is 0 Å². The second-order valence-corrected chi connectivity index (χ2v) is 6.56. The number of benzene rings is 1. The van der Waals surface area contributed by atoms with Gasteiger partial charge in [0.1, 0.15) is 5.69 Å². The quantitative estimate of drug-likeness (QED) is 0.491. The van der Waals surface area contributed by atoms with E-state index in [4.69, 9.17) is 4.74 Å². The van der Waals surface area contributed by atoms with Crippen LogP contribution in [0.2, 0.25) is 0 Å². The van der Waals surface area contributed by atoms with Crippen molar-refractivity contribution in [2.45, 2.75) is 20.3 Å². The Morgan fingerprint density at radius 1 is 1.38 bits per heavy atom. The van der Waals surface area contributed by atoms with E-state index in [0.29, 0.717) is 49.3 Å². The summed E-state index contributed by atoms with van der Waals surface area (Å²) in [5, 5.41) is 14.3. The standard InChI is InChI=1S/C17H25N3O4/c1-12-8-13(2)11-19(10-12)17(21)14-4-5-15(18-6-7-24-3)16(9-14)20(22)23/h4-5,9,12-13,18H,6-8,10-11H2,1-3H3. The molecule has 1 heterocycles. The number of hydrogen-bond donors (Lipinski definition) is 1. The van der Waals surface area contributed by atoms with E-state index in [1.165, 1.54) is 6.07 Å². The topological polar surface area (TPSA) is 84.7 Å². The molecule has 1 fully saturated rings. The average Bonchev–Trinajstić information content (AvgIpc) is 2.53. The molecule has 1 amide bonds. The van der Waals surface area contributed by atoms with Gasteiger partial charge >= 0.3 is 0 Å². The van der Waals surface area contributed by atoms with Gasteiger partial charge in [-0.2, -0.15) is 0 Å². The summed E-state index contributed by atoms with van der Waals surface area (Å²) in [6.45, 7) is 6.56. The van der Waals surface area contributed by atoms with Gasteiger partial charge in [-0.15, -0.1) is 0 Å². The van der Waals surface area contributed by atoms with Gasteiger partial charge in [0.25, 0.3) is 11.6 Å². The molecule has 1 aromatic carbocycles. The molecule has 1 aromatic rings. The average molecular weight is 335 g/mol. The van der Waals surface area contributed by atoms with Crippen molar-refractivity contribution < 1.29 is 14.5 Å². The second-order valence-electron chi connectivity index (χ2n) is 6.56. The Morgan fingerprint density at radius 2 is 2.04 bits per heavy atom. The van der Waals surface area contributed by atoms with E-state index in [1.54, 1.807) is 24.1 Å². The third-order valence-corrected chi connectivity index (χ3v) is 4.22. The van der Waals surface area contributed by atoms with Gasteiger partial charge in [0.15, 0.2) is 0 Å². The van der Waals surface area contributed by atoms with Gasteiger partial charge in [-0.3, -0.25) is 14.9 Å². The SMILES string of the molecule is COCCNc1ccc(C(=O)N2CC(C)CC(C)C2)cc1[N+](=O)[O-]. The number of rotatable bonds is 6. The lowest BCUT2D eigenvalue weighted by Gasteiger charge is -2.35. The number of nitro groups is 1. The lowest BCUT2D eigenvalue weighted by molar-refractivity contribution is -0.384. The van der Waals surface area contributed by atoms with Crippen LogP contribution in [0.3, 0.4) is 0 Å². The monoisotopic (exact) mass is 335 g/mol. The maximum absolute atomic E-state index is 12.7. The van der Waals surface area contributed by atoms with Crippen LogP contribution in [0.1, 0.15) is 30.6 Å². The summed E-state index contributed by atoms with van der Waals surface area (Å²) in [6, 6.07) is 4.60. The number of nitro benzene ring substituents is 1. The van der Waals surface area contributed by atoms with E-state index < -0.39 is 4.92 Å². The molecule has 132 valence electrons. The summed E-state index contributed by atoms with van der Waals surface area (Å²) >= 11 is 0. The predicted molar refractivity (Wildman–Crippen MR) is 92.3 cm³/mol. The Balaban J connectivity index is 2.19. The van der Waals surface area contributed by atoms with Crippen LogP contribution in [0, 0.1) is 22.0 Å². The third kappa shape index (κ3) is 4.44. The van der Waals surface area contributed by atoms with Gasteiger partial charge in [0.05, 0.1) is 11.5 Å². The van der Waals surface area contributed by atoms with Gasteiger partial charge in [0, 0.05) is 38.4 Å². The summed E-state index contributed by atoms with van der Waals surface area (Å²) < 4.78 is 4.93. The predicted octanol–water partition coefficient (Wildman–Crippen LogP) is 2.77. The number of hydrogen-bond acceptors (Lipinski definition) is 5. The van der Waals surface area contributed by atoms with E-state index in [9.17, 15) is 14.9 Å². The van der Waals surface area contributed by atoms with Crippen molar-refractivity contribution in [3.05, 3.63) is 33.9 Å². The fourth-order valence-electron chi connectivity index (χ4n) is 3.26. The molecule has 1 aliphatic rings. The third-order valence-electron chi connectivity index (χ3n) is 4.22. The number of likely N-dealkylation sites (tertiary alicyclic amines) is 1. The highest BCUT2D eigenvalue weighted by molar-refractivity contribution is 5.95. The second kappa shape index (κ2) is 8.10. The fourth-order valence-corrected chi connectivity index (χ4v) is 3.26. The Labute approximate surface area is 142 Å². The first-order valence-electron chi connectivity index (χ1n) is 8.23. The maximum atomic E-state index is 12.7. The first-order valence-corrected chi connectivity index (χ1v) is 8.23. The summed E-state index contributed by atoms with van der Waals surface area (Å²) in [7, 11) is 1.57. The lowest BCUT2D eigenvalue weighted by Crippen LogP contribution is -2.42. The molecule has 2 atom stereocenters. The molecular weight excluding hydrogens is 310 g/mol. The lowest BCUT2D eigenvalue weighted by atomic mass is 9.91. The van der Waals surface area contributed by atoms with Crippen LogP contribution in [-0.4, -0.2) is 49.1 Å². The van der Waals surface area contributed by atoms with Gasteiger partial charge in [-0.05, 0) is 30.4 Å². The highest BCUT2D eigenvalue weighted by Gasteiger charge is 2.27. The van der Waals surface area contributed by atoms with Crippen LogP contribution in [0.15, 0.2) is 18.2 Å². The molecule has 0 aliphatic carbocycles. The van der Waals surface area contributed by atoms with Gasteiger partial charge in [0.2, 0.25) is 0 Å². The van der Waals surface area contributed by atoms with Crippen LogP contribution < -0.4 is 5.32 Å². The molecule has 0 saturated carbocycles. The minimum Gasteiger partial charge on any atom is -0.383 e. The fraction of sp³-hybridized carbons (Fsp3) is 0.588. The van der Waals surface area contributed by atoms with Crippen molar-refractivity contribution >= 4 is 17.3 Å². The molecule has 7 nitrogen and oxygen atoms in total. The summed E-state index contributed by atoms with van der Waals surface area (Å²) in [6.07, 6.45) is 1.10. The van der Waals surface area contributed by atoms with Crippen molar-refractivity contribution in [3.8, 4) is 0 Å². The van der Waals surface area contributed by atoms with Crippen molar-refractivity contribution in [3.63, 3.8) is 0 Å². The van der Waals surface area contributed by atoms with E-state index in [0.717, 1.165) is 6.42 Å². The van der Waals surface area contributed by atoms with Gasteiger partial charge in [-0.1, -0.05) is 13.8 Å². The number of carbonyl (C=O) groups excluding carboxylic acids is 1. The van der Waals surface area contributed by atoms with Crippen molar-refractivity contribution in [1.29, 1.82) is 0 Å². The molecule has 7 heteroatoms. The van der Waals surface area contributed by atoms with Crippen LogP contribution >= 0.6 is 0 Å². The smallest absolute Gasteiger partial charge is 0.293 e. The Kier molecular flexibility index (Phi) is 6.14. The van der Waals surface area contributed by atoms with Crippen LogP contribution in [0.4, 0.5) is 11.4 Å². The first kappa shape index (κ1) is 18.2. The summed E-state index contributed by atoms with van der Waals surface area (Å²) in [4.78, 5) is 25.4. The number of nitrogens with one attached hydrogen (secondary N) is 1. The molecule has 2 unspecified atom stereocenters. The highest BCUT2D eigenvalue weighted by atomic mass is 16.6. The molecule has 1 N–H and O–H groups in total. The number of amides is 1. The molecular formula is C17H25N3O4. The minimum absolute atomic E-state index is 0.0879. The number of methoxy groups -OCH3 is 1. The zero-order valence-corrected chi connectivity index (χ0v) is 14.4. The molecule has 0 spiro atoms. The van der Waals surface area contributed by atoms with E-state index in [1.807, 2.05) is 0 Å². The van der Waals surface area contributed by atoms with Crippen LogP contribution in [0.25, 0.3) is 0 Å². The normalized spacial score (nSPS) is 20.7. The Bertz CT molecular complexity index is 595. The molecule has 1 saturated heterocycles. The van der Waals surface area contributed by atoms with Crippen LogP contribution in [-0.2, 0) is 4.74 Å². The molecule has 2 rings (SSSR count). The Hall–Kier alpha value is -2.15. The molecule has 0 radical (unpaired) electrons. The molecule has 0 bridgehead atoms. The Morgan fingerprint density at radius 3 is 2.62 bits per heavy atom. The van der Waals surface area contributed by atoms with Gasteiger partial charge in [-0.25, -0.2) is 0 Å².